The van der Waals surface area contributed by atoms with Gasteiger partial charge in [0.2, 0.25) is 11.9 Å². The lowest BCUT2D eigenvalue weighted by molar-refractivity contribution is -0.159. The third-order valence-corrected chi connectivity index (χ3v) is 5.75. The molecule has 0 unspecified atom stereocenters. The van der Waals surface area contributed by atoms with Gasteiger partial charge in [0.15, 0.2) is 0 Å². The lowest BCUT2D eigenvalue weighted by Gasteiger charge is -2.42. The van der Waals surface area contributed by atoms with Crippen molar-refractivity contribution in [1.82, 2.24) is 20.0 Å². The summed E-state index contributed by atoms with van der Waals surface area (Å²) in [5, 5.41) is 23.0. The van der Waals surface area contributed by atoms with Gasteiger partial charge in [0.05, 0.1) is 25.1 Å². The van der Waals surface area contributed by atoms with Crippen LogP contribution in [0.15, 0.2) is 52.4 Å². The van der Waals surface area contributed by atoms with Crippen molar-refractivity contribution in [3.63, 3.8) is 0 Å². The number of carboxylic acid groups (broad SMARTS) is 2. The minimum atomic E-state index is -1.59. The van der Waals surface area contributed by atoms with Crippen molar-refractivity contribution < 1.29 is 29.4 Å². The molecule has 224 valence electrons. The maximum absolute atomic E-state index is 13.0. The molecule has 0 aliphatic rings. The van der Waals surface area contributed by atoms with Gasteiger partial charge >= 0.3 is 12.2 Å². The largest absolute Gasteiger partial charge is 0.465 e. The first-order valence-electron chi connectivity index (χ1n) is 13.1. The molecule has 0 spiro atoms. The van der Waals surface area contributed by atoms with E-state index >= 15 is 0 Å². The number of aliphatic imine (C=N–C) groups is 1. The van der Waals surface area contributed by atoms with Crippen LogP contribution < -0.4 is 16.3 Å². The van der Waals surface area contributed by atoms with Crippen LogP contribution in [-0.4, -0.2) is 73.1 Å². The van der Waals surface area contributed by atoms with Gasteiger partial charge in [0.25, 0.3) is 5.56 Å². The van der Waals surface area contributed by atoms with Gasteiger partial charge in [-0.25, -0.2) is 24.2 Å². The number of rotatable bonds is 9. The topological polar surface area (TPSA) is 166 Å². The first kappa shape index (κ1) is 32.8. The molecule has 3 amide bonds. The minimum absolute atomic E-state index is 0.000677. The summed E-state index contributed by atoms with van der Waals surface area (Å²) in [6.45, 7) is 11.9. The molecule has 0 radical (unpaired) electrons. The molecule has 2 rings (SSSR count). The number of hydroxylamine groups is 2. The fourth-order valence-electron chi connectivity index (χ4n) is 3.83. The van der Waals surface area contributed by atoms with Crippen LogP contribution in [-0.2, 0) is 22.6 Å². The fraction of sp³-hybridized carbons (Fsp3) is 0.464. The quantitative estimate of drug-likeness (QED) is 0.152. The summed E-state index contributed by atoms with van der Waals surface area (Å²) >= 11 is 0. The second-order valence-electron chi connectivity index (χ2n) is 11.3. The van der Waals surface area contributed by atoms with E-state index in [4.69, 9.17) is 4.84 Å². The molecule has 0 aliphatic heterocycles. The highest BCUT2D eigenvalue weighted by Crippen LogP contribution is 2.23. The van der Waals surface area contributed by atoms with Crippen molar-refractivity contribution in [2.45, 2.75) is 72.5 Å². The van der Waals surface area contributed by atoms with Crippen molar-refractivity contribution in [3.8, 4) is 0 Å². The predicted molar refractivity (Wildman–Crippen MR) is 154 cm³/mol. The molecule has 0 saturated carbocycles. The number of carbonyl (C=O) groups excluding carboxylic acids is 1. The molecule has 0 bridgehead atoms. The van der Waals surface area contributed by atoms with Gasteiger partial charge in [-0.15, -0.1) is 4.99 Å². The Bertz CT molecular complexity index is 1310. The van der Waals surface area contributed by atoms with Crippen LogP contribution in [0.5, 0.6) is 0 Å². The number of aromatic nitrogens is 1. The number of pyridine rings is 1. The molecule has 1 heterocycles. The van der Waals surface area contributed by atoms with E-state index in [0.29, 0.717) is 17.7 Å². The second kappa shape index (κ2) is 13.8. The summed E-state index contributed by atoms with van der Waals surface area (Å²) in [5.41, 5.74) is 2.76. The predicted octanol–water partition coefficient (Wildman–Crippen LogP) is 3.40. The molecule has 0 aliphatic carbocycles. The summed E-state index contributed by atoms with van der Waals surface area (Å²) in [4.78, 5) is 59.4. The molecule has 41 heavy (non-hydrogen) atoms. The summed E-state index contributed by atoms with van der Waals surface area (Å²) < 4.78 is 1.35. The van der Waals surface area contributed by atoms with E-state index in [1.165, 1.54) is 4.68 Å². The molecule has 13 heteroatoms. The monoisotopic (exact) mass is 572 g/mol. The molecule has 4 N–H and O–H groups in total. The zero-order valence-corrected chi connectivity index (χ0v) is 24.6. The molecular formula is C28H40N6O7. The minimum Gasteiger partial charge on any atom is -0.465 e. The van der Waals surface area contributed by atoms with Crippen molar-refractivity contribution in [3.05, 3.63) is 69.6 Å². The maximum atomic E-state index is 13.0. The Balaban J connectivity index is 2.10. The molecule has 1 aromatic heterocycles. The number of amides is 3. The van der Waals surface area contributed by atoms with Crippen LogP contribution in [0.4, 0.5) is 9.59 Å². The first-order chi connectivity index (χ1) is 19.0. The fourth-order valence-corrected chi connectivity index (χ4v) is 3.83. The van der Waals surface area contributed by atoms with Crippen molar-refractivity contribution >= 4 is 24.1 Å². The molecule has 0 fully saturated rings. The highest BCUT2D eigenvalue weighted by Gasteiger charge is 2.39. The number of benzene rings is 1. The van der Waals surface area contributed by atoms with Gasteiger partial charge in [0.1, 0.15) is 0 Å². The van der Waals surface area contributed by atoms with E-state index in [2.05, 4.69) is 15.7 Å². The smallest absolute Gasteiger partial charge is 0.434 e. The number of hydrogen-bond donors (Lipinski definition) is 4. The van der Waals surface area contributed by atoms with Crippen molar-refractivity contribution in [2.24, 2.45) is 4.99 Å². The Morgan fingerprint density at radius 3 is 2.17 bits per heavy atom. The Morgan fingerprint density at radius 1 is 1.00 bits per heavy atom. The first-order valence-corrected chi connectivity index (χ1v) is 13.1. The van der Waals surface area contributed by atoms with Gasteiger partial charge in [-0.05, 0) is 65.7 Å². The SMILES string of the molecule is Cc1ccn(NCc2ccccc2)c(=O)c1CC(=O)NCCON(C(=NC(=O)O)N(C(=O)O)C(C)(C)C)C(C)(C)C. The number of nitrogens with zero attached hydrogens (tertiary/aromatic N) is 4. The highest BCUT2D eigenvalue weighted by atomic mass is 16.7. The number of hydrogen-bond acceptors (Lipinski definition) is 6. The average Bonchev–Trinajstić information content (AvgIpc) is 2.84. The second-order valence-corrected chi connectivity index (χ2v) is 11.3. The maximum Gasteiger partial charge on any atom is 0.434 e. The summed E-state index contributed by atoms with van der Waals surface area (Å²) in [6, 6.07) is 11.3. The Kier molecular flexibility index (Phi) is 11.0. The van der Waals surface area contributed by atoms with Crippen LogP contribution in [0, 0.1) is 6.92 Å². The van der Waals surface area contributed by atoms with Crippen LogP contribution >= 0.6 is 0 Å². The highest BCUT2D eigenvalue weighted by molar-refractivity contribution is 5.98. The molecule has 1 aromatic carbocycles. The van der Waals surface area contributed by atoms with E-state index in [0.717, 1.165) is 15.5 Å². The van der Waals surface area contributed by atoms with E-state index < -0.39 is 35.1 Å². The van der Waals surface area contributed by atoms with E-state index in [-0.39, 0.29) is 25.1 Å². The zero-order valence-electron chi connectivity index (χ0n) is 24.6. The lowest BCUT2D eigenvalue weighted by atomic mass is 10.1. The molecular weight excluding hydrogens is 532 g/mol. The molecule has 2 aromatic rings. The number of guanidine groups is 1. The van der Waals surface area contributed by atoms with Gasteiger partial charge in [-0.3, -0.25) is 14.4 Å². The third-order valence-electron chi connectivity index (χ3n) is 5.75. The Labute approximate surface area is 239 Å². The van der Waals surface area contributed by atoms with Crippen LogP contribution in [0.3, 0.4) is 0 Å². The third kappa shape index (κ3) is 9.64. The number of nitrogens with one attached hydrogen (secondary N) is 2. The van der Waals surface area contributed by atoms with E-state index in [9.17, 15) is 29.4 Å². The summed E-state index contributed by atoms with van der Waals surface area (Å²) in [7, 11) is 0. The van der Waals surface area contributed by atoms with Crippen LogP contribution in [0.25, 0.3) is 0 Å². The van der Waals surface area contributed by atoms with E-state index in [1.807, 2.05) is 30.3 Å². The zero-order chi connectivity index (χ0) is 31.0. The average molecular weight is 573 g/mol. The lowest BCUT2D eigenvalue weighted by Crippen LogP contribution is -2.59. The molecule has 13 nitrogen and oxygen atoms in total. The van der Waals surface area contributed by atoms with Gasteiger partial charge < -0.3 is 21.0 Å². The number of aryl methyl sites for hydroxylation is 1. The van der Waals surface area contributed by atoms with Gasteiger partial charge in [0, 0.05) is 23.8 Å². The van der Waals surface area contributed by atoms with Crippen molar-refractivity contribution in [2.75, 3.05) is 18.6 Å². The summed E-state index contributed by atoms with van der Waals surface area (Å²) in [6.07, 6.45) is -1.55. The van der Waals surface area contributed by atoms with Gasteiger partial charge in [-0.2, -0.15) is 0 Å². The standard InChI is InChI=1S/C28H40N6O7/c1-19-13-15-32(30-18-20-11-9-8-10-12-20)23(36)21(19)17-22(35)29-14-16-41-34(28(5,6)7)24(31-25(37)38)33(26(39)40)27(2,3)4/h8-13,15,30H,14,16-18H2,1-7H3,(H,29,35)(H,37,38)(H,39,40). The number of carbonyl (C=O) groups is 3. The van der Waals surface area contributed by atoms with Gasteiger partial charge in [-0.1, -0.05) is 30.3 Å². The van der Waals surface area contributed by atoms with Crippen molar-refractivity contribution in [1.29, 1.82) is 0 Å². The molecule has 0 atom stereocenters. The Morgan fingerprint density at radius 2 is 1.63 bits per heavy atom. The molecule has 0 saturated heterocycles. The Hall–Kier alpha value is -4.39. The van der Waals surface area contributed by atoms with Crippen LogP contribution in [0.2, 0.25) is 0 Å². The normalized spacial score (nSPS) is 12.0. The van der Waals surface area contributed by atoms with Crippen LogP contribution in [0.1, 0.15) is 58.2 Å². The van der Waals surface area contributed by atoms with E-state index in [1.54, 1.807) is 60.7 Å². The summed E-state index contributed by atoms with van der Waals surface area (Å²) in [5.74, 6) is -0.849.